The second kappa shape index (κ2) is 7.04. The van der Waals surface area contributed by atoms with Crippen molar-refractivity contribution in [3.8, 4) is 11.1 Å². The van der Waals surface area contributed by atoms with Crippen LogP contribution in [0, 0.1) is 5.82 Å². The minimum atomic E-state index is -1.27. The summed E-state index contributed by atoms with van der Waals surface area (Å²) in [5, 5.41) is 11.0. The molecule has 0 fully saturated rings. The number of pyridine rings is 1. The van der Waals surface area contributed by atoms with Crippen LogP contribution in [-0.4, -0.2) is 16.2 Å². The highest BCUT2D eigenvalue weighted by Crippen LogP contribution is 2.32. The van der Waals surface area contributed by atoms with E-state index in [0.29, 0.717) is 5.56 Å². The van der Waals surface area contributed by atoms with Gasteiger partial charge in [0.25, 0.3) is 0 Å². The van der Waals surface area contributed by atoms with E-state index in [9.17, 15) is 9.18 Å². The van der Waals surface area contributed by atoms with E-state index in [1.54, 1.807) is 12.1 Å². The van der Waals surface area contributed by atoms with Gasteiger partial charge in [-0.3, -0.25) is 4.98 Å². The van der Waals surface area contributed by atoms with Crippen LogP contribution in [0.15, 0.2) is 49.2 Å². The third kappa shape index (κ3) is 3.43. The number of nitrogens with one attached hydrogen (secondary N) is 1. The lowest BCUT2D eigenvalue weighted by Gasteiger charge is -2.17. The zero-order valence-corrected chi connectivity index (χ0v) is 12.3. The van der Waals surface area contributed by atoms with Crippen molar-refractivity contribution < 1.29 is 14.3 Å². The molecule has 1 aromatic carbocycles. The molecule has 2 rings (SSSR count). The van der Waals surface area contributed by atoms with Crippen molar-refractivity contribution in [2.75, 3.05) is 0 Å². The van der Waals surface area contributed by atoms with E-state index in [0.717, 1.165) is 5.56 Å². The average molecular weight is 321 g/mol. The lowest BCUT2D eigenvalue weighted by atomic mass is 10.0. The molecule has 0 bridgehead atoms. The van der Waals surface area contributed by atoms with Gasteiger partial charge in [-0.2, -0.15) is 0 Å². The molecule has 1 heterocycles. The molecule has 0 aliphatic rings. The van der Waals surface area contributed by atoms with Gasteiger partial charge in [-0.1, -0.05) is 48.0 Å². The summed E-state index contributed by atoms with van der Waals surface area (Å²) in [6, 6.07) is 8.20. The minimum Gasteiger partial charge on any atom is -0.465 e. The second-order valence-corrected chi connectivity index (χ2v) is 4.96. The number of carbonyl (C=O) groups is 1. The van der Waals surface area contributed by atoms with Crippen molar-refractivity contribution >= 4 is 17.7 Å². The first-order valence-corrected chi connectivity index (χ1v) is 6.92. The molecule has 1 aromatic heterocycles. The normalized spacial score (nSPS) is 11.7. The van der Waals surface area contributed by atoms with Gasteiger partial charge in [-0.05, 0) is 12.0 Å². The van der Waals surface area contributed by atoms with Gasteiger partial charge in [0.05, 0.1) is 11.1 Å². The molecule has 2 N–H and O–H groups in total. The number of rotatable bonds is 5. The number of carboxylic acid groups (broad SMARTS) is 1. The van der Waals surface area contributed by atoms with Gasteiger partial charge in [0, 0.05) is 11.8 Å². The van der Waals surface area contributed by atoms with E-state index in [-0.39, 0.29) is 17.1 Å². The monoisotopic (exact) mass is 320 g/mol. The van der Waals surface area contributed by atoms with Gasteiger partial charge >= 0.3 is 6.09 Å². The largest absolute Gasteiger partial charge is 0.465 e. The lowest BCUT2D eigenvalue weighted by Crippen LogP contribution is -2.28. The summed E-state index contributed by atoms with van der Waals surface area (Å²) in [5.41, 5.74) is 1.14. The fourth-order valence-corrected chi connectivity index (χ4v) is 2.35. The number of halogens is 2. The molecule has 1 atom stereocenters. The fourth-order valence-electron chi connectivity index (χ4n) is 2.09. The van der Waals surface area contributed by atoms with Crippen molar-refractivity contribution in [1.82, 2.24) is 10.3 Å². The topological polar surface area (TPSA) is 62.2 Å². The van der Waals surface area contributed by atoms with Crippen molar-refractivity contribution in [2.45, 2.75) is 12.5 Å². The Balaban J connectivity index is 2.45. The molecule has 6 heteroatoms. The van der Waals surface area contributed by atoms with Crippen molar-refractivity contribution in [2.24, 2.45) is 0 Å². The first-order valence-electron chi connectivity index (χ1n) is 6.54. The van der Waals surface area contributed by atoms with Crippen LogP contribution in [0.1, 0.15) is 18.2 Å². The van der Waals surface area contributed by atoms with E-state index >= 15 is 0 Å². The molecular weight excluding hydrogens is 307 g/mol. The predicted molar refractivity (Wildman–Crippen MR) is 83.4 cm³/mol. The molecule has 1 amide bonds. The molecule has 0 radical (unpaired) electrons. The summed E-state index contributed by atoms with van der Waals surface area (Å²) in [6.45, 7) is 3.53. The van der Waals surface area contributed by atoms with E-state index in [1.165, 1.54) is 12.3 Å². The molecule has 0 aliphatic carbocycles. The molecule has 1 unspecified atom stereocenters. The van der Waals surface area contributed by atoms with Crippen molar-refractivity contribution in [3.05, 3.63) is 65.7 Å². The Labute approximate surface area is 132 Å². The number of aromatic nitrogens is 1. The maximum absolute atomic E-state index is 14.5. The van der Waals surface area contributed by atoms with Gasteiger partial charge in [0.1, 0.15) is 5.69 Å². The first-order chi connectivity index (χ1) is 10.5. The number of hydrogen-bond donors (Lipinski definition) is 2. The van der Waals surface area contributed by atoms with Crippen LogP contribution in [0.5, 0.6) is 0 Å². The molecular formula is C16H14ClFN2O2. The Morgan fingerprint density at radius 2 is 2.14 bits per heavy atom. The summed E-state index contributed by atoms with van der Waals surface area (Å²) in [4.78, 5) is 14.9. The SMILES string of the molecule is C=CCC(NC(=O)O)c1ncc(-c2ccccc2)c(Cl)c1F. The van der Waals surface area contributed by atoms with Crippen LogP contribution in [0.3, 0.4) is 0 Å². The minimum absolute atomic E-state index is 0.0491. The van der Waals surface area contributed by atoms with E-state index in [2.05, 4.69) is 16.9 Å². The van der Waals surface area contributed by atoms with E-state index < -0.39 is 18.0 Å². The van der Waals surface area contributed by atoms with Crippen LogP contribution < -0.4 is 5.32 Å². The van der Waals surface area contributed by atoms with Gasteiger partial charge in [0.2, 0.25) is 0 Å². The number of benzene rings is 1. The standard InChI is InChI=1S/C16H14ClFN2O2/c1-2-6-12(20-16(21)22)15-14(18)13(17)11(9-19-15)10-7-4-3-5-8-10/h2-5,7-9,12,20H,1,6H2,(H,21,22). The summed E-state index contributed by atoms with van der Waals surface area (Å²) >= 11 is 6.10. The van der Waals surface area contributed by atoms with Crippen LogP contribution in [0.2, 0.25) is 5.02 Å². The van der Waals surface area contributed by atoms with Crippen LogP contribution in [0.25, 0.3) is 11.1 Å². The van der Waals surface area contributed by atoms with Crippen molar-refractivity contribution in [1.29, 1.82) is 0 Å². The molecule has 0 spiro atoms. The highest BCUT2D eigenvalue weighted by atomic mass is 35.5. The molecule has 0 saturated heterocycles. The van der Waals surface area contributed by atoms with Crippen LogP contribution in [-0.2, 0) is 0 Å². The predicted octanol–water partition coefficient (Wildman–Crippen LogP) is 4.43. The smallest absolute Gasteiger partial charge is 0.405 e. The third-order valence-electron chi connectivity index (χ3n) is 3.10. The third-order valence-corrected chi connectivity index (χ3v) is 3.47. The maximum Gasteiger partial charge on any atom is 0.405 e. The van der Waals surface area contributed by atoms with Crippen molar-refractivity contribution in [3.63, 3.8) is 0 Å². The number of nitrogens with zero attached hydrogens (tertiary/aromatic N) is 1. The molecule has 114 valence electrons. The Hall–Kier alpha value is -2.40. The number of amides is 1. The molecule has 4 nitrogen and oxygen atoms in total. The van der Waals surface area contributed by atoms with Gasteiger partial charge in [-0.25, -0.2) is 9.18 Å². The van der Waals surface area contributed by atoms with E-state index in [1.807, 2.05) is 18.2 Å². The average Bonchev–Trinajstić information content (AvgIpc) is 2.50. The maximum atomic E-state index is 14.5. The number of hydrogen-bond acceptors (Lipinski definition) is 2. The molecule has 2 aromatic rings. The van der Waals surface area contributed by atoms with E-state index in [4.69, 9.17) is 16.7 Å². The Morgan fingerprint density at radius 3 is 2.73 bits per heavy atom. The quantitative estimate of drug-likeness (QED) is 0.801. The first kappa shape index (κ1) is 16.0. The van der Waals surface area contributed by atoms with Gasteiger partial charge < -0.3 is 10.4 Å². The molecule has 0 aliphatic heterocycles. The fraction of sp³-hybridized carbons (Fsp3) is 0.125. The van der Waals surface area contributed by atoms with Crippen LogP contribution >= 0.6 is 11.6 Å². The Morgan fingerprint density at radius 1 is 1.45 bits per heavy atom. The second-order valence-electron chi connectivity index (χ2n) is 4.58. The highest BCUT2D eigenvalue weighted by molar-refractivity contribution is 6.33. The van der Waals surface area contributed by atoms with Crippen LogP contribution in [0.4, 0.5) is 9.18 Å². The van der Waals surface area contributed by atoms with Gasteiger partial charge in [-0.15, -0.1) is 6.58 Å². The zero-order valence-electron chi connectivity index (χ0n) is 11.6. The molecule has 22 heavy (non-hydrogen) atoms. The Kier molecular flexibility index (Phi) is 5.12. The summed E-state index contributed by atoms with van der Waals surface area (Å²) in [5.74, 6) is -0.733. The summed E-state index contributed by atoms with van der Waals surface area (Å²) in [6.07, 6.45) is 1.87. The Bertz CT molecular complexity index is 692. The summed E-state index contributed by atoms with van der Waals surface area (Å²) in [7, 11) is 0. The van der Waals surface area contributed by atoms with Gasteiger partial charge in [0.15, 0.2) is 5.82 Å². The zero-order chi connectivity index (χ0) is 16.1. The highest BCUT2D eigenvalue weighted by Gasteiger charge is 2.22. The molecule has 0 saturated carbocycles. The summed E-state index contributed by atoms with van der Waals surface area (Å²) < 4.78 is 14.5. The lowest BCUT2D eigenvalue weighted by molar-refractivity contribution is 0.189.